The third kappa shape index (κ3) is 1.49. The molecule has 1 aromatic carbocycles. The van der Waals surface area contributed by atoms with Crippen molar-refractivity contribution in [3.05, 3.63) is 33.4 Å². The van der Waals surface area contributed by atoms with Crippen molar-refractivity contribution in [1.29, 1.82) is 0 Å². The van der Waals surface area contributed by atoms with Crippen LogP contribution in [-0.2, 0) is 12.8 Å². The highest BCUT2D eigenvalue weighted by Gasteiger charge is 2.58. The Bertz CT molecular complexity index is 602. The van der Waals surface area contributed by atoms with E-state index in [-0.39, 0.29) is 0 Å². The van der Waals surface area contributed by atoms with Crippen molar-refractivity contribution < 1.29 is 0 Å². The molecule has 4 fully saturated rings. The molecule has 1 saturated carbocycles. The summed E-state index contributed by atoms with van der Waals surface area (Å²) in [6, 6.07) is 0. The van der Waals surface area contributed by atoms with Gasteiger partial charge in [-0.05, 0) is 110 Å². The van der Waals surface area contributed by atoms with Crippen LogP contribution in [0.5, 0.6) is 0 Å². The van der Waals surface area contributed by atoms with Crippen molar-refractivity contribution in [2.75, 3.05) is 19.6 Å². The molecule has 22 heavy (non-hydrogen) atoms. The van der Waals surface area contributed by atoms with Crippen molar-refractivity contribution in [2.24, 2.45) is 23.2 Å². The number of hydrogen-bond donors (Lipinski definition) is 0. The van der Waals surface area contributed by atoms with Crippen LogP contribution < -0.4 is 0 Å². The highest BCUT2D eigenvalue weighted by Crippen LogP contribution is 2.60. The van der Waals surface area contributed by atoms with Gasteiger partial charge in [-0.3, -0.25) is 0 Å². The summed E-state index contributed by atoms with van der Waals surface area (Å²) in [7, 11) is 0. The van der Waals surface area contributed by atoms with Gasteiger partial charge in [0.15, 0.2) is 0 Å². The van der Waals surface area contributed by atoms with E-state index in [2.05, 4.69) is 32.6 Å². The second-order valence-electron chi connectivity index (χ2n) is 8.99. The van der Waals surface area contributed by atoms with Gasteiger partial charge in [0.05, 0.1) is 0 Å². The van der Waals surface area contributed by atoms with Crippen LogP contribution in [0.3, 0.4) is 0 Å². The van der Waals surface area contributed by atoms with Gasteiger partial charge in [-0.2, -0.15) is 0 Å². The number of piperidine rings is 3. The van der Waals surface area contributed by atoms with Gasteiger partial charge in [0.25, 0.3) is 0 Å². The number of rotatable bonds is 0. The first kappa shape index (κ1) is 13.6. The maximum absolute atomic E-state index is 2.79. The molecule has 3 heterocycles. The molecule has 2 unspecified atom stereocenters. The molecule has 2 aliphatic carbocycles. The Hall–Kier alpha value is -0.820. The van der Waals surface area contributed by atoms with Crippen molar-refractivity contribution in [2.45, 2.75) is 53.4 Å². The fourth-order valence-corrected chi connectivity index (χ4v) is 6.82. The highest BCUT2D eigenvalue weighted by atomic mass is 15.2. The molecule has 3 saturated heterocycles. The van der Waals surface area contributed by atoms with Crippen LogP contribution in [0.25, 0.3) is 0 Å². The van der Waals surface area contributed by atoms with Gasteiger partial charge < -0.3 is 4.90 Å². The Labute approximate surface area is 135 Å². The van der Waals surface area contributed by atoms with Crippen molar-refractivity contribution in [3.8, 4) is 0 Å². The minimum atomic E-state index is 0.630. The lowest BCUT2D eigenvalue weighted by molar-refractivity contribution is -0.122. The molecular weight excluding hydrogens is 266 g/mol. The number of nitrogens with zero attached hydrogens (tertiary/aromatic N) is 1. The summed E-state index contributed by atoms with van der Waals surface area (Å²) >= 11 is 0. The van der Waals surface area contributed by atoms with Gasteiger partial charge in [-0.1, -0.05) is 0 Å². The number of benzene rings is 1. The Balaban J connectivity index is 1.63. The zero-order chi connectivity index (χ0) is 15.2. The predicted molar refractivity (Wildman–Crippen MR) is 91.4 cm³/mol. The van der Waals surface area contributed by atoms with E-state index in [4.69, 9.17) is 0 Å². The van der Waals surface area contributed by atoms with E-state index in [9.17, 15) is 0 Å². The highest BCUT2D eigenvalue weighted by molar-refractivity contribution is 5.53. The first-order valence-electron chi connectivity index (χ1n) is 9.30. The molecule has 2 atom stereocenters. The first-order chi connectivity index (χ1) is 10.5. The van der Waals surface area contributed by atoms with Crippen LogP contribution >= 0.6 is 0 Å². The summed E-state index contributed by atoms with van der Waals surface area (Å²) in [5.74, 6) is 2.98. The lowest BCUT2D eigenvalue weighted by Gasteiger charge is -2.61. The molecule has 118 valence electrons. The maximum Gasteiger partial charge on any atom is 0.00157 e. The number of fused-ring (bicyclic) bond motifs is 1. The maximum atomic E-state index is 2.79. The summed E-state index contributed by atoms with van der Waals surface area (Å²) in [6.07, 6.45) is 5.84. The van der Waals surface area contributed by atoms with Crippen LogP contribution in [0.1, 0.15) is 46.2 Å². The molecule has 0 aromatic heterocycles. The first-order valence-corrected chi connectivity index (χ1v) is 9.30. The topological polar surface area (TPSA) is 3.24 Å². The summed E-state index contributed by atoms with van der Waals surface area (Å²) in [5.41, 5.74) is 10.5. The largest absolute Gasteiger partial charge is 0.302 e. The van der Waals surface area contributed by atoms with Crippen molar-refractivity contribution in [1.82, 2.24) is 4.90 Å². The molecule has 1 heteroatoms. The normalized spacial score (nSPS) is 37.1. The lowest BCUT2D eigenvalue weighted by Crippen LogP contribution is -2.63. The molecule has 0 amide bonds. The SMILES string of the molecule is Cc1c(C)c(C)c2c(c1C)CC1(C2)C2CC3CC1CN(C3)C2. The molecule has 0 N–H and O–H groups in total. The van der Waals surface area contributed by atoms with E-state index in [1.165, 1.54) is 45.3 Å². The second kappa shape index (κ2) is 4.17. The molecule has 1 nitrogen and oxygen atoms in total. The van der Waals surface area contributed by atoms with E-state index in [0.29, 0.717) is 5.41 Å². The van der Waals surface area contributed by atoms with Gasteiger partial charge in [0.1, 0.15) is 0 Å². The minimum Gasteiger partial charge on any atom is -0.302 e. The average Bonchev–Trinajstić information content (AvgIpc) is 2.90. The monoisotopic (exact) mass is 295 g/mol. The summed E-state index contributed by atoms with van der Waals surface area (Å²) in [5, 5.41) is 0. The van der Waals surface area contributed by atoms with E-state index in [0.717, 1.165) is 17.8 Å². The summed E-state index contributed by atoms with van der Waals surface area (Å²) < 4.78 is 0. The van der Waals surface area contributed by atoms with Crippen LogP contribution in [0, 0.1) is 50.9 Å². The standard InChI is InChI=1S/C21H29N/c1-12-13(2)15(4)20-8-21(7-19(20)14(12)3)17-5-16-6-18(21)11-22(9-16)10-17/h16-18H,5-11H2,1-4H3. The van der Waals surface area contributed by atoms with Crippen molar-refractivity contribution in [3.63, 3.8) is 0 Å². The van der Waals surface area contributed by atoms with Crippen LogP contribution in [-0.4, -0.2) is 24.5 Å². The van der Waals surface area contributed by atoms with Crippen LogP contribution in [0.4, 0.5) is 0 Å². The van der Waals surface area contributed by atoms with Gasteiger partial charge >= 0.3 is 0 Å². The van der Waals surface area contributed by atoms with E-state index in [1.807, 2.05) is 0 Å². The quantitative estimate of drug-likeness (QED) is 0.700. The molecule has 1 aromatic rings. The van der Waals surface area contributed by atoms with E-state index in [1.54, 1.807) is 33.4 Å². The van der Waals surface area contributed by atoms with E-state index >= 15 is 0 Å². The smallest absolute Gasteiger partial charge is 0.00157 e. The Kier molecular flexibility index (Phi) is 2.58. The molecule has 1 spiro atoms. The summed E-state index contributed by atoms with van der Waals surface area (Å²) in [4.78, 5) is 2.79. The second-order valence-corrected chi connectivity index (χ2v) is 8.99. The zero-order valence-corrected chi connectivity index (χ0v) is 14.6. The van der Waals surface area contributed by atoms with Crippen LogP contribution in [0.2, 0.25) is 0 Å². The zero-order valence-electron chi connectivity index (χ0n) is 14.6. The molecule has 4 bridgehead atoms. The molecular formula is C21H29N. The van der Waals surface area contributed by atoms with E-state index < -0.39 is 0 Å². The summed E-state index contributed by atoms with van der Waals surface area (Å²) in [6.45, 7) is 13.7. The Morgan fingerprint density at radius 2 is 1.23 bits per heavy atom. The molecule has 3 aliphatic heterocycles. The van der Waals surface area contributed by atoms with Gasteiger partial charge in [-0.15, -0.1) is 0 Å². The number of hydrogen-bond acceptors (Lipinski definition) is 1. The molecule has 0 radical (unpaired) electrons. The third-order valence-corrected chi connectivity index (χ3v) is 8.30. The van der Waals surface area contributed by atoms with Gasteiger partial charge in [0, 0.05) is 19.6 Å². The minimum absolute atomic E-state index is 0.630. The predicted octanol–water partition coefficient (Wildman–Crippen LogP) is 3.98. The van der Waals surface area contributed by atoms with Gasteiger partial charge in [-0.25, -0.2) is 0 Å². The average molecular weight is 295 g/mol. The van der Waals surface area contributed by atoms with Crippen LogP contribution in [0.15, 0.2) is 0 Å². The fraction of sp³-hybridized carbons (Fsp3) is 0.714. The molecule has 6 rings (SSSR count). The Morgan fingerprint density at radius 3 is 1.68 bits per heavy atom. The fourth-order valence-electron chi connectivity index (χ4n) is 6.82. The van der Waals surface area contributed by atoms with Crippen molar-refractivity contribution >= 4 is 0 Å². The lowest BCUT2D eigenvalue weighted by atomic mass is 9.52. The molecule has 5 aliphatic rings. The Morgan fingerprint density at radius 1 is 0.727 bits per heavy atom. The van der Waals surface area contributed by atoms with Gasteiger partial charge in [0.2, 0.25) is 0 Å². The third-order valence-electron chi connectivity index (χ3n) is 8.30.